The number of nitrogens with two attached hydrogens (primary N) is 1. The molecule has 2 rings (SSSR count). The number of rotatable bonds is 2. The molecule has 2 N–H and O–H groups in total. The standard InChI is InChI=1S/C13H20N4O/c1-11(18)17-6-2-5-16(7-8-17)10-13-9-12(14)3-4-15-13/h3-4,9H,2,5-8,10H2,1H3,(H2,14,15). The van der Waals surface area contributed by atoms with Gasteiger partial charge in [0.1, 0.15) is 0 Å². The summed E-state index contributed by atoms with van der Waals surface area (Å²) >= 11 is 0. The van der Waals surface area contributed by atoms with Crippen molar-refractivity contribution >= 4 is 11.6 Å². The first-order valence-corrected chi connectivity index (χ1v) is 6.33. The molecule has 0 saturated carbocycles. The van der Waals surface area contributed by atoms with Crippen molar-refractivity contribution < 1.29 is 4.79 Å². The minimum absolute atomic E-state index is 0.166. The first-order chi connectivity index (χ1) is 8.65. The fourth-order valence-corrected chi connectivity index (χ4v) is 2.26. The number of hydrogen-bond acceptors (Lipinski definition) is 4. The fraction of sp³-hybridized carbons (Fsp3) is 0.538. The van der Waals surface area contributed by atoms with Crippen molar-refractivity contribution in [3.8, 4) is 0 Å². The summed E-state index contributed by atoms with van der Waals surface area (Å²) in [6.07, 6.45) is 2.76. The quantitative estimate of drug-likeness (QED) is 0.837. The van der Waals surface area contributed by atoms with Crippen LogP contribution in [0.1, 0.15) is 19.0 Å². The second-order valence-electron chi connectivity index (χ2n) is 4.72. The molecule has 0 radical (unpaired) electrons. The number of pyridine rings is 1. The van der Waals surface area contributed by atoms with Crippen molar-refractivity contribution in [2.24, 2.45) is 0 Å². The Bertz CT molecular complexity index is 421. The number of nitrogen functional groups attached to an aromatic ring is 1. The molecular weight excluding hydrogens is 228 g/mol. The molecule has 2 heterocycles. The van der Waals surface area contributed by atoms with Gasteiger partial charge in [0.15, 0.2) is 0 Å². The van der Waals surface area contributed by atoms with Gasteiger partial charge in [-0.3, -0.25) is 14.7 Å². The molecule has 0 bridgehead atoms. The Labute approximate surface area is 108 Å². The van der Waals surface area contributed by atoms with E-state index in [0.717, 1.165) is 50.5 Å². The highest BCUT2D eigenvalue weighted by atomic mass is 16.2. The minimum Gasteiger partial charge on any atom is -0.399 e. The van der Waals surface area contributed by atoms with Crippen LogP contribution in [0.15, 0.2) is 18.3 Å². The molecule has 0 atom stereocenters. The third-order valence-corrected chi connectivity index (χ3v) is 3.26. The minimum atomic E-state index is 0.166. The average Bonchev–Trinajstić information content (AvgIpc) is 2.55. The van der Waals surface area contributed by atoms with E-state index in [-0.39, 0.29) is 5.91 Å². The van der Waals surface area contributed by atoms with E-state index in [1.165, 1.54) is 0 Å². The van der Waals surface area contributed by atoms with Crippen molar-refractivity contribution in [1.82, 2.24) is 14.8 Å². The molecule has 1 fully saturated rings. The van der Waals surface area contributed by atoms with Gasteiger partial charge in [-0.1, -0.05) is 0 Å². The molecule has 5 nitrogen and oxygen atoms in total. The van der Waals surface area contributed by atoms with Gasteiger partial charge in [0, 0.05) is 51.5 Å². The second kappa shape index (κ2) is 5.82. The lowest BCUT2D eigenvalue weighted by Crippen LogP contribution is -2.33. The van der Waals surface area contributed by atoms with Crippen LogP contribution in [0.3, 0.4) is 0 Å². The normalized spacial score (nSPS) is 17.5. The summed E-state index contributed by atoms with van der Waals surface area (Å²) in [6, 6.07) is 3.71. The maximum atomic E-state index is 11.3. The number of hydrogen-bond donors (Lipinski definition) is 1. The van der Waals surface area contributed by atoms with Gasteiger partial charge in [-0.25, -0.2) is 0 Å². The summed E-state index contributed by atoms with van der Waals surface area (Å²) < 4.78 is 0. The Morgan fingerprint density at radius 2 is 2.22 bits per heavy atom. The number of nitrogens with zero attached hydrogens (tertiary/aromatic N) is 3. The van der Waals surface area contributed by atoms with E-state index in [1.54, 1.807) is 19.2 Å². The molecule has 18 heavy (non-hydrogen) atoms. The van der Waals surface area contributed by atoms with Gasteiger partial charge in [-0.2, -0.15) is 0 Å². The van der Waals surface area contributed by atoms with Crippen molar-refractivity contribution in [1.29, 1.82) is 0 Å². The molecule has 0 unspecified atom stereocenters. The van der Waals surface area contributed by atoms with Crippen molar-refractivity contribution in [2.45, 2.75) is 19.9 Å². The summed E-state index contributed by atoms with van der Waals surface area (Å²) in [7, 11) is 0. The number of aromatic nitrogens is 1. The van der Waals surface area contributed by atoms with Crippen LogP contribution in [-0.2, 0) is 11.3 Å². The molecule has 1 aliphatic rings. The van der Waals surface area contributed by atoms with Crippen molar-refractivity contribution in [3.05, 3.63) is 24.0 Å². The Morgan fingerprint density at radius 1 is 1.39 bits per heavy atom. The molecule has 1 saturated heterocycles. The van der Waals surface area contributed by atoms with Gasteiger partial charge in [0.05, 0.1) is 5.69 Å². The first kappa shape index (κ1) is 12.8. The first-order valence-electron chi connectivity index (χ1n) is 6.33. The largest absolute Gasteiger partial charge is 0.399 e. The van der Waals surface area contributed by atoms with Crippen LogP contribution < -0.4 is 5.73 Å². The predicted octanol–water partition coefficient (Wildman–Crippen LogP) is 0.718. The average molecular weight is 248 g/mol. The molecular formula is C13H20N4O. The number of carbonyl (C=O) groups excluding carboxylic acids is 1. The Hall–Kier alpha value is -1.62. The Balaban J connectivity index is 1.92. The lowest BCUT2D eigenvalue weighted by Gasteiger charge is -2.20. The topological polar surface area (TPSA) is 62.5 Å². The summed E-state index contributed by atoms with van der Waals surface area (Å²) in [4.78, 5) is 19.9. The molecule has 1 amide bonds. The third kappa shape index (κ3) is 3.43. The van der Waals surface area contributed by atoms with E-state index in [2.05, 4.69) is 9.88 Å². The summed E-state index contributed by atoms with van der Waals surface area (Å²) in [5.41, 5.74) is 7.49. The van der Waals surface area contributed by atoms with E-state index in [1.807, 2.05) is 11.0 Å². The van der Waals surface area contributed by atoms with Crippen LogP contribution in [0.5, 0.6) is 0 Å². The monoisotopic (exact) mass is 248 g/mol. The zero-order valence-corrected chi connectivity index (χ0v) is 10.8. The smallest absolute Gasteiger partial charge is 0.219 e. The van der Waals surface area contributed by atoms with Crippen molar-refractivity contribution in [3.63, 3.8) is 0 Å². The van der Waals surface area contributed by atoms with Crippen LogP contribution in [0.25, 0.3) is 0 Å². The SMILES string of the molecule is CC(=O)N1CCCN(Cc2cc(N)ccn2)CC1. The second-order valence-corrected chi connectivity index (χ2v) is 4.72. The Kier molecular flexibility index (Phi) is 4.15. The highest BCUT2D eigenvalue weighted by Crippen LogP contribution is 2.09. The summed E-state index contributed by atoms with van der Waals surface area (Å²) in [6.45, 7) is 6.00. The maximum Gasteiger partial charge on any atom is 0.219 e. The molecule has 98 valence electrons. The fourth-order valence-electron chi connectivity index (χ4n) is 2.26. The predicted molar refractivity (Wildman–Crippen MR) is 70.8 cm³/mol. The number of amides is 1. The third-order valence-electron chi connectivity index (χ3n) is 3.26. The van der Waals surface area contributed by atoms with Gasteiger partial charge >= 0.3 is 0 Å². The zero-order valence-electron chi connectivity index (χ0n) is 10.8. The van der Waals surface area contributed by atoms with Crippen LogP contribution in [0, 0.1) is 0 Å². The molecule has 0 aliphatic carbocycles. The number of carbonyl (C=O) groups is 1. The van der Waals surface area contributed by atoms with Crippen LogP contribution >= 0.6 is 0 Å². The van der Waals surface area contributed by atoms with Gasteiger partial charge in [0.25, 0.3) is 0 Å². The van der Waals surface area contributed by atoms with Gasteiger partial charge in [-0.15, -0.1) is 0 Å². The van der Waals surface area contributed by atoms with E-state index < -0.39 is 0 Å². The molecule has 1 aromatic rings. The lowest BCUT2D eigenvalue weighted by atomic mass is 10.3. The molecule has 1 aromatic heterocycles. The molecule has 1 aliphatic heterocycles. The van der Waals surface area contributed by atoms with Crippen LogP contribution in [-0.4, -0.2) is 46.9 Å². The summed E-state index contributed by atoms with van der Waals surface area (Å²) in [5.74, 6) is 0.166. The summed E-state index contributed by atoms with van der Waals surface area (Å²) in [5, 5.41) is 0. The molecule has 0 aromatic carbocycles. The maximum absolute atomic E-state index is 11.3. The van der Waals surface area contributed by atoms with E-state index in [0.29, 0.717) is 0 Å². The van der Waals surface area contributed by atoms with Crippen molar-refractivity contribution in [2.75, 3.05) is 31.9 Å². The van der Waals surface area contributed by atoms with E-state index in [4.69, 9.17) is 5.73 Å². The highest BCUT2D eigenvalue weighted by Gasteiger charge is 2.16. The number of anilines is 1. The molecule has 5 heteroatoms. The zero-order chi connectivity index (χ0) is 13.0. The van der Waals surface area contributed by atoms with Crippen LogP contribution in [0.4, 0.5) is 5.69 Å². The van der Waals surface area contributed by atoms with E-state index in [9.17, 15) is 4.79 Å². The Morgan fingerprint density at radius 3 is 2.94 bits per heavy atom. The lowest BCUT2D eigenvalue weighted by molar-refractivity contribution is -0.128. The van der Waals surface area contributed by atoms with Crippen LogP contribution in [0.2, 0.25) is 0 Å². The van der Waals surface area contributed by atoms with E-state index >= 15 is 0 Å². The van der Waals surface area contributed by atoms with Gasteiger partial charge < -0.3 is 10.6 Å². The molecule has 0 spiro atoms. The highest BCUT2D eigenvalue weighted by molar-refractivity contribution is 5.73. The van der Waals surface area contributed by atoms with Gasteiger partial charge in [-0.05, 0) is 18.6 Å². The van der Waals surface area contributed by atoms with Gasteiger partial charge in [0.2, 0.25) is 5.91 Å².